The van der Waals surface area contributed by atoms with Crippen LogP contribution in [0.25, 0.3) is 0 Å². The number of anilines is 2. The minimum atomic E-state index is -0.342. The van der Waals surface area contributed by atoms with Crippen LogP contribution in [0.15, 0.2) is 24.4 Å². The van der Waals surface area contributed by atoms with Gasteiger partial charge in [-0.25, -0.2) is 9.37 Å². The smallest absolute Gasteiger partial charge is 0.204 e. The molecule has 1 N–H and O–H groups in total. The van der Waals surface area contributed by atoms with E-state index in [0.29, 0.717) is 17.3 Å². The lowest BCUT2D eigenvalue weighted by atomic mass is 10.3. The van der Waals surface area contributed by atoms with Crippen LogP contribution < -0.4 is 10.2 Å². The molecule has 0 unspecified atom stereocenters. The number of nitrogens with one attached hydrogen (secondary N) is 1. The molecule has 2 rings (SSSR count). The zero-order chi connectivity index (χ0) is 14.0. The fourth-order valence-corrected chi connectivity index (χ4v) is 2.07. The van der Waals surface area contributed by atoms with Crippen molar-refractivity contribution < 1.29 is 4.39 Å². The second-order valence-electron chi connectivity index (χ2n) is 4.48. The molecule has 0 amide bonds. The van der Waals surface area contributed by atoms with Gasteiger partial charge in [0.25, 0.3) is 0 Å². The van der Waals surface area contributed by atoms with E-state index in [1.807, 2.05) is 30.6 Å². The maximum atomic E-state index is 12.9. The average molecular weight is 283 g/mol. The Balaban J connectivity index is 2.10. The van der Waals surface area contributed by atoms with Crippen LogP contribution in [0.3, 0.4) is 0 Å². The average Bonchev–Trinajstić information content (AvgIpc) is 2.70. The standard InChI is InChI=1S/C13H16ClFN4/c1-18(2)13-17-8-10(19(13)3)7-16-12-5-4-9(15)6-11(12)14/h4-6,8,16H,7H2,1-3H3. The molecule has 102 valence electrons. The third-order valence-electron chi connectivity index (χ3n) is 2.85. The largest absolute Gasteiger partial charge is 0.378 e. The van der Waals surface area contributed by atoms with E-state index in [-0.39, 0.29) is 5.82 Å². The van der Waals surface area contributed by atoms with Gasteiger partial charge < -0.3 is 14.8 Å². The van der Waals surface area contributed by atoms with Gasteiger partial charge in [-0.15, -0.1) is 0 Å². The molecule has 1 aromatic heterocycles. The summed E-state index contributed by atoms with van der Waals surface area (Å²) in [7, 11) is 5.83. The highest BCUT2D eigenvalue weighted by Crippen LogP contribution is 2.23. The van der Waals surface area contributed by atoms with Crippen molar-refractivity contribution in [2.24, 2.45) is 7.05 Å². The van der Waals surface area contributed by atoms with Gasteiger partial charge in [-0.3, -0.25) is 0 Å². The molecule has 0 bridgehead atoms. The number of hydrogen-bond donors (Lipinski definition) is 1. The Morgan fingerprint density at radius 1 is 1.42 bits per heavy atom. The second kappa shape index (κ2) is 5.48. The number of aromatic nitrogens is 2. The Bertz CT molecular complexity index is 580. The highest BCUT2D eigenvalue weighted by molar-refractivity contribution is 6.33. The molecule has 0 saturated carbocycles. The lowest BCUT2D eigenvalue weighted by Gasteiger charge is -2.13. The number of nitrogens with zero attached hydrogens (tertiary/aromatic N) is 3. The van der Waals surface area contributed by atoms with Crippen LogP contribution in [-0.2, 0) is 13.6 Å². The van der Waals surface area contributed by atoms with Gasteiger partial charge in [0, 0.05) is 21.1 Å². The van der Waals surface area contributed by atoms with E-state index in [1.165, 1.54) is 12.1 Å². The van der Waals surface area contributed by atoms with Gasteiger partial charge in [0.05, 0.1) is 29.1 Å². The first-order valence-electron chi connectivity index (χ1n) is 5.86. The topological polar surface area (TPSA) is 33.1 Å². The molecule has 0 aliphatic rings. The van der Waals surface area contributed by atoms with E-state index < -0.39 is 0 Å². The quantitative estimate of drug-likeness (QED) is 0.936. The van der Waals surface area contributed by atoms with Gasteiger partial charge in [-0.05, 0) is 18.2 Å². The SMILES string of the molecule is CN(C)c1ncc(CNc2ccc(F)cc2Cl)n1C. The number of imidazole rings is 1. The van der Waals surface area contributed by atoms with Gasteiger partial charge in [0.15, 0.2) is 0 Å². The summed E-state index contributed by atoms with van der Waals surface area (Å²) in [5.74, 6) is 0.535. The minimum absolute atomic E-state index is 0.342. The van der Waals surface area contributed by atoms with Crippen molar-refractivity contribution in [2.45, 2.75) is 6.54 Å². The van der Waals surface area contributed by atoms with Crippen LogP contribution in [0.2, 0.25) is 5.02 Å². The zero-order valence-corrected chi connectivity index (χ0v) is 11.9. The van der Waals surface area contributed by atoms with Crippen molar-refractivity contribution in [1.82, 2.24) is 9.55 Å². The van der Waals surface area contributed by atoms with E-state index in [0.717, 1.165) is 11.6 Å². The van der Waals surface area contributed by atoms with Crippen LogP contribution in [-0.4, -0.2) is 23.6 Å². The molecule has 0 aliphatic heterocycles. The normalized spacial score (nSPS) is 10.6. The fourth-order valence-electron chi connectivity index (χ4n) is 1.83. The van der Waals surface area contributed by atoms with Crippen molar-refractivity contribution in [3.8, 4) is 0 Å². The third kappa shape index (κ3) is 2.98. The summed E-state index contributed by atoms with van der Waals surface area (Å²) in [6.45, 7) is 0.572. The van der Waals surface area contributed by atoms with Gasteiger partial charge >= 0.3 is 0 Å². The second-order valence-corrected chi connectivity index (χ2v) is 4.89. The van der Waals surface area contributed by atoms with Crippen molar-refractivity contribution in [3.63, 3.8) is 0 Å². The van der Waals surface area contributed by atoms with Crippen LogP contribution in [0.4, 0.5) is 16.0 Å². The Kier molecular flexibility index (Phi) is 3.95. The van der Waals surface area contributed by atoms with Gasteiger partial charge in [-0.2, -0.15) is 0 Å². The molecule has 0 spiro atoms. The van der Waals surface area contributed by atoms with Gasteiger partial charge in [-0.1, -0.05) is 11.6 Å². The summed E-state index contributed by atoms with van der Waals surface area (Å²) in [5.41, 5.74) is 1.72. The maximum absolute atomic E-state index is 12.9. The summed E-state index contributed by atoms with van der Waals surface area (Å²) in [6.07, 6.45) is 1.81. The molecule has 0 radical (unpaired) electrons. The monoisotopic (exact) mass is 282 g/mol. The number of hydrogen-bond acceptors (Lipinski definition) is 3. The number of halogens is 2. The van der Waals surface area contributed by atoms with E-state index in [9.17, 15) is 4.39 Å². The Hall–Kier alpha value is -1.75. The summed E-state index contributed by atoms with van der Waals surface area (Å²) in [6, 6.07) is 4.29. The lowest BCUT2D eigenvalue weighted by Crippen LogP contribution is -2.15. The molecule has 0 saturated heterocycles. The van der Waals surface area contributed by atoms with E-state index in [2.05, 4.69) is 10.3 Å². The van der Waals surface area contributed by atoms with Gasteiger partial charge in [0.1, 0.15) is 5.82 Å². The van der Waals surface area contributed by atoms with E-state index >= 15 is 0 Å². The number of benzene rings is 1. The highest BCUT2D eigenvalue weighted by Gasteiger charge is 2.08. The fraction of sp³-hybridized carbons (Fsp3) is 0.308. The van der Waals surface area contributed by atoms with E-state index in [4.69, 9.17) is 11.6 Å². The zero-order valence-electron chi connectivity index (χ0n) is 11.1. The molecule has 4 nitrogen and oxygen atoms in total. The summed E-state index contributed by atoms with van der Waals surface area (Å²) in [4.78, 5) is 6.26. The Morgan fingerprint density at radius 2 is 2.16 bits per heavy atom. The van der Waals surface area contributed by atoms with Crippen molar-refractivity contribution in [2.75, 3.05) is 24.3 Å². The molecule has 6 heteroatoms. The molecular weight excluding hydrogens is 267 g/mol. The first kappa shape index (κ1) is 13.7. The molecule has 0 aliphatic carbocycles. The van der Waals surface area contributed by atoms with Gasteiger partial charge in [0.2, 0.25) is 5.95 Å². The predicted molar refractivity (Wildman–Crippen MR) is 76.3 cm³/mol. The summed E-state index contributed by atoms with van der Waals surface area (Å²) in [5, 5.41) is 3.54. The Morgan fingerprint density at radius 3 is 2.74 bits per heavy atom. The molecular formula is C13H16ClFN4. The van der Waals surface area contributed by atoms with Crippen molar-refractivity contribution in [1.29, 1.82) is 0 Å². The number of rotatable bonds is 4. The summed E-state index contributed by atoms with van der Waals surface area (Å²) >= 11 is 5.96. The summed E-state index contributed by atoms with van der Waals surface area (Å²) < 4.78 is 14.9. The maximum Gasteiger partial charge on any atom is 0.204 e. The molecule has 1 heterocycles. The lowest BCUT2D eigenvalue weighted by molar-refractivity contribution is 0.628. The van der Waals surface area contributed by atoms with Crippen LogP contribution in [0.1, 0.15) is 5.69 Å². The highest BCUT2D eigenvalue weighted by atomic mass is 35.5. The molecule has 0 fully saturated rings. The first-order valence-corrected chi connectivity index (χ1v) is 6.23. The van der Waals surface area contributed by atoms with Crippen molar-refractivity contribution >= 4 is 23.2 Å². The molecule has 1 aromatic carbocycles. The van der Waals surface area contributed by atoms with Crippen LogP contribution >= 0.6 is 11.6 Å². The molecule has 2 aromatic rings. The minimum Gasteiger partial charge on any atom is -0.378 e. The van der Waals surface area contributed by atoms with Crippen LogP contribution in [0.5, 0.6) is 0 Å². The van der Waals surface area contributed by atoms with Crippen LogP contribution in [0, 0.1) is 5.82 Å². The first-order chi connectivity index (χ1) is 8.99. The predicted octanol–water partition coefficient (Wildman–Crippen LogP) is 2.89. The molecule has 19 heavy (non-hydrogen) atoms. The Labute approximate surface area is 116 Å². The van der Waals surface area contributed by atoms with E-state index in [1.54, 1.807) is 12.3 Å². The molecule has 0 atom stereocenters. The third-order valence-corrected chi connectivity index (χ3v) is 3.16. The van der Waals surface area contributed by atoms with Crippen molar-refractivity contribution in [3.05, 3.63) is 40.9 Å².